The van der Waals surface area contributed by atoms with Crippen LogP contribution < -0.4 is 15.5 Å². The van der Waals surface area contributed by atoms with E-state index in [1.54, 1.807) is 0 Å². The third-order valence-electron chi connectivity index (χ3n) is 3.69. The number of halogens is 1. The van der Waals surface area contributed by atoms with Crippen molar-refractivity contribution in [1.29, 1.82) is 0 Å². The summed E-state index contributed by atoms with van der Waals surface area (Å²) < 4.78 is 1.07. The van der Waals surface area contributed by atoms with Gasteiger partial charge in [-0.05, 0) is 48.0 Å². The fourth-order valence-corrected chi connectivity index (χ4v) is 3.37. The molecule has 0 bridgehead atoms. The molecular formula is C13H16BrN3O. The van der Waals surface area contributed by atoms with Crippen LogP contribution in [0.2, 0.25) is 0 Å². The first-order chi connectivity index (χ1) is 8.70. The number of nitrogens with one attached hydrogen (secondary N) is 2. The molecule has 1 aromatic carbocycles. The molecular weight excluding hydrogens is 294 g/mol. The topological polar surface area (TPSA) is 44.4 Å². The van der Waals surface area contributed by atoms with Crippen molar-refractivity contribution in [2.45, 2.75) is 18.9 Å². The summed E-state index contributed by atoms with van der Waals surface area (Å²) in [6, 6.07) is 3.91. The van der Waals surface area contributed by atoms with Gasteiger partial charge in [-0.1, -0.05) is 0 Å². The van der Waals surface area contributed by atoms with Crippen molar-refractivity contribution in [1.82, 2.24) is 5.32 Å². The molecule has 1 aromatic rings. The summed E-state index contributed by atoms with van der Waals surface area (Å²) in [4.78, 5) is 14.2. The molecule has 18 heavy (non-hydrogen) atoms. The Hall–Kier alpha value is -1.07. The number of likely N-dealkylation sites (N-methyl/N-ethyl adjacent to an activating group) is 1. The zero-order chi connectivity index (χ0) is 12.7. The Morgan fingerprint density at radius 3 is 2.78 bits per heavy atom. The van der Waals surface area contributed by atoms with Crippen LogP contribution in [-0.4, -0.2) is 26.0 Å². The average molecular weight is 310 g/mol. The Balaban J connectivity index is 2.01. The number of rotatable bonds is 2. The van der Waals surface area contributed by atoms with E-state index in [-0.39, 0.29) is 11.9 Å². The maximum Gasteiger partial charge on any atom is 0.246 e. The number of benzene rings is 1. The standard InChI is InChI=1S/C13H16BrN3O/c1-15-12-8-6-9(14)11(17-4-2-3-5-17)7-10(8)16-13(12)18/h6-7,12,15H,2-5H2,1H3,(H,16,18). The van der Waals surface area contributed by atoms with Gasteiger partial charge in [0.1, 0.15) is 6.04 Å². The van der Waals surface area contributed by atoms with Crippen molar-refractivity contribution in [3.05, 3.63) is 22.2 Å². The van der Waals surface area contributed by atoms with Crippen LogP contribution in [0.4, 0.5) is 11.4 Å². The number of amides is 1. The quantitative estimate of drug-likeness (QED) is 0.881. The molecule has 0 radical (unpaired) electrons. The Labute approximate surface area is 115 Å². The molecule has 1 unspecified atom stereocenters. The van der Waals surface area contributed by atoms with E-state index < -0.39 is 0 Å². The second-order valence-corrected chi connectivity index (χ2v) is 5.65. The molecule has 0 spiro atoms. The fraction of sp³-hybridized carbons (Fsp3) is 0.462. The van der Waals surface area contributed by atoms with E-state index in [0.29, 0.717) is 0 Å². The first-order valence-corrected chi connectivity index (χ1v) is 7.06. The first kappa shape index (κ1) is 12.0. The molecule has 2 aliphatic heterocycles. The maximum absolute atomic E-state index is 11.8. The normalized spacial score (nSPS) is 22.2. The van der Waals surface area contributed by atoms with Crippen molar-refractivity contribution in [2.75, 3.05) is 30.4 Å². The summed E-state index contributed by atoms with van der Waals surface area (Å²) in [7, 11) is 1.81. The van der Waals surface area contributed by atoms with E-state index in [9.17, 15) is 4.79 Å². The number of hydrogen-bond acceptors (Lipinski definition) is 3. The predicted octanol–water partition coefficient (Wildman–Crippen LogP) is 2.26. The Bertz CT molecular complexity index is 497. The highest BCUT2D eigenvalue weighted by Gasteiger charge is 2.31. The van der Waals surface area contributed by atoms with Crippen LogP contribution in [0.15, 0.2) is 16.6 Å². The van der Waals surface area contributed by atoms with Crippen molar-refractivity contribution in [2.24, 2.45) is 0 Å². The van der Waals surface area contributed by atoms with Crippen molar-refractivity contribution < 1.29 is 4.79 Å². The van der Waals surface area contributed by atoms with Gasteiger partial charge in [0, 0.05) is 28.8 Å². The smallest absolute Gasteiger partial charge is 0.246 e. The maximum atomic E-state index is 11.8. The van der Waals surface area contributed by atoms with Crippen LogP contribution in [0.3, 0.4) is 0 Å². The van der Waals surface area contributed by atoms with E-state index in [1.807, 2.05) is 7.05 Å². The molecule has 2 aliphatic rings. The van der Waals surface area contributed by atoms with Gasteiger partial charge in [-0.25, -0.2) is 0 Å². The van der Waals surface area contributed by atoms with Crippen molar-refractivity contribution in [3.8, 4) is 0 Å². The molecule has 96 valence electrons. The molecule has 0 aliphatic carbocycles. The molecule has 0 saturated carbocycles. The summed E-state index contributed by atoms with van der Waals surface area (Å²) in [6.45, 7) is 2.20. The van der Waals surface area contributed by atoms with Crippen molar-refractivity contribution >= 4 is 33.2 Å². The molecule has 1 amide bonds. The largest absolute Gasteiger partial charge is 0.371 e. The van der Waals surface area contributed by atoms with Gasteiger partial charge in [-0.15, -0.1) is 0 Å². The van der Waals surface area contributed by atoms with Gasteiger partial charge >= 0.3 is 0 Å². The third kappa shape index (κ3) is 1.82. The Kier molecular flexibility index (Phi) is 3.03. The summed E-state index contributed by atoms with van der Waals surface area (Å²) in [5, 5.41) is 5.98. The second kappa shape index (κ2) is 4.55. The summed E-state index contributed by atoms with van der Waals surface area (Å²) in [5.41, 5.74) is 3.14. The summed E-state index contributed by atoms with van der Waals surface area (Å²) in [6.07, 6.45) is 2.49. The lowest BCUT2D eigenvalue weighted by atomic mass is 10.1. The summed E-state index contributed by atoms with van der Waals surface area (Å²) >= 11 is 3.63. The zero-order valence-corrected chi connectivity index (χ0v) is 11.9. The fourth-order valence-electron chi connectivity index (χ4n) is 2.76. The van der Waals surface area contributed by atoms with Gasteiger partial charge in [0.25, 0.3) is 0 Å². The minimum Gasteiger partial charge on any atom is -0.371 e. The Morgan fingerprint density at radius 1 is 1.39 bits per heavy atom. The van der Waals surface area contributed by atoms with Crippen LogP contribution in [0.1, 0.15) is 24.4 Å². The molecule has 4 nitrogen and oxygen atoms in total. The minimum absolute atomic E-state index is 0.0259. The van der Waals surface area contributed by atoms with Crippen molar-refractivity contribution in [3.63, 3.8) is 0 Å². The monoisotopic (exact) mass is 309 g/mol. The first-order valence-electron chi connectivity index (χ1n) is 6.27. The summed E-state index contributed by atoms with van der Waals surface area (Å²) in [5.74, 6) is 0.0259. The lowest BCUT2D eigenvalue weighted by molar-refractivity contribution is -0.117. The number of carbonyl (C=O) groups is 1. The van der Waals surface area contributed by atoms with Gasteiger partial charge < -0.3 is 15.5 Å². The van der Waals surface area contributed by atoms with Gasteiger partial charge in [0.2, 0.25) is 5.91 Å². The van der Waals surface area contributed by atoms with Crippen LogP contribution in [-0.2, 0) is 4.79 Å². The van der Waals surface area contributed by atoms with Crippen LogP contribution in [0, 0.1) is 0 Å². The van der Waals surface area contributed by atoms with Gasteiger partial charge in [0.15, 0.2) is 0 Å². The van der Waals surface area contributed by atoms with E-state index in [0.717, 1.165) is 28.8 Å². The molecule has 2 heterocycles. The minimum atomic E-state index is -0.232. The van der Waals surface area contributed by atoms with E-state index in [1.165, 1.54) is 18.5 Å². The van der Waals surface area contributed by atoms with Gasteiger partial charge in [-0.2, -0.15) is 0 Å². The van der Waals surface area contributed by atoms with E-state index >= 15 is 0 Å². The number of hydrogen-bond donors (Lipinski definition) is 2. The molecule has 3 rings (SSSR count). The molecule has 1 saturated heterocycles. The number of carbonyl (C=O) groups excluding carboxylic acids is 1. The highest BCUT2D eigenvalue weighted by Crippen LogP contribution is 2.39. The van der Waals surface area contributed by atoms with Crippen LogP contribution >= 0.6 is 15.9 Å². The SMILES string of the molecule is CNC1C(=O)Nc2cc(N3CCCC3)c(Br)cc21. The van der Waals surface area contributed by atoms with Crippen LogP contribution in [0.25, 0.3) is 0 Å². The molecule has 5 heteroatoms. The number of anilines is 2. The van der Waals surface area contributed by atoms with E-state index in [2.05, 4.69) is 43.6 Å². The van der Waals surface area contributed by atoms with Crippen LogP contribution in [0.5, 0.6) is 0 Å². The Morgan fingerprint density at radius 2 is 2.11 bits per heavy atom. The third-order valence-corrected chi connectivity index (χ3v) is 4.32. The average Bonchev–Trinajstić information content (AvgIpc) is 2.94. The highest BCUT2D eigenvalue weighted by molar-refractivity contribution is 9.10. The van der Waals surface area contributed by atoms with E-state index in [4.69, 9.17) is 0 Å². The van der Waals surface area contributed by atoms with Gasteiger partial charge in [0.05, 0.1) is 5.69 Å². The highest BCUT2D eigenvalue weighted by atomic mass is 79.9. The molecule has 2 N–H and O–H groups in total. The second-order valence-electron chi connectivity index (χ2n) is 4.80. The molecule has 1 atom stereocenters. The lowest BCUT2D eigenvalue weighted by Crippen LogP contribution is -2.23. The predicted molar refractivity (Wildman–Crippen MR) is 76.0 cm³/mol. The molecule has 1 fully saturated rings. The lowest BCUT2D eigenvalue weighted by Gasteiger charge is -2.20. The zero-order valence-electron chi connectivity index (χ0n) is 10.3. The molecule has 0 aromatic heterocycles. The number of nitrogens with zero attached hydrogens (tertiary/aromatic N) is 1. The van der Waals surface area contributed by atoms with Gasteiger partial charge in [-0.3, -0.25) is 4.79 Å². The number of fused-ring (bicyclic) bond motifs is 1.